The molecule has 2 amide bonds. The molecule has 8 heteroatoms. The van der Waals surface area contributed by atoms with Crippen LogP contribution in [0.5, 0.6) is 0 Å². The number of carboxylic acid groups (broad SMARTS) is 1. The summed E-state index contributed by atoms with van der Waals surface area (Å²) in [6, 6.07) is 13.7. The largest absolute Gasteiger partial charge is 0.480 e. The monoisotopic (exact) mass is 454 g/mol. The summed E-state index contributed by atoms with van der Waals surface area (Å²) in [5.41, 5.74) is 3.66. The SMILES string of the molecule is CC(C)(C)C(NC(=O)OCC1c2ccccc2-c2ccccc21)C(=O)N[C@@H](CCO)C(=O)O. The second-order valence-electron chi connectivity index (χ2n) is 9.18. The topological polar surface area (TPSA) is 125 Å². The van der Waals surface area contributed by atoms with Gasteiger partial charge in [-0.1, -0.05) is 69.3 Å². The van der Waals surface area contributed by atoms with Crippen LogP contribution in [0.15, 0.2) is 48.5 Å². The normalized spacial score (nSPS) is 14.5. The van der Waals surface area contributed by atoms with E-state index in [0.717, 1.165) is 22.3 Å². The Morgan fingerprint density at radius 1 is 0.970 bits per heavy atom. The maximum absolute atomic E-state index is 12.8. The van der Waals surface area contributed by atoms with E-state index in [1.54, 1.807) is 20.8 Å². The van der Waals surface area contributed by atoms with E-state index in [-0.39, 0.29) is 18.9 Å². The van der Waals surface area contributed by atoms with E-state index in [4.69, 9.17) is 9.84 Å². The minimum absolute atomic E-state index is 0.0978. The second kappa shape index (κ2) is 10.0. The number of amides is 2. The molecular formula is C25H30N2O6. The Morgan fingerprint density at radius 3 is 2.00 bits per heavy atom. The molecule has 0 aliphatic heterocycles. The van der Waals surface area contributed by atoms with Crippen molar-refractivity contribution in [3.05, 3.63) is 59.7 Å². The van der Waals surface area contributed by atoms with Gasteiger partial charge in [-0.3, -0.25) is 4.79 Å². The molecular weight excluding hydrogens is 424 g/mol. The number of carbonyl (C=O) groups is 3. The number of nitrogens with one attached hydrogen (secondary N) is 2. The maximum atomic E-state index is 12.8. The van der Waals surface area contributed by atoms with Crippen LogP contribution in [0.2, 0.25) is 0 Å². The molecule has 1 unspecified atom stereocenters. The van der Waals surface area contributed by atoms with Gasteiger partial charge in [0.05, 0.1) is 0 Å². The summed E-state index contributed by atoms with van der Waals surface area (Å²) in [6.45, 7) is 4.96. The molecule has 0 radical (unpaired) electrons. The van der Waals surface area contributed by atoms with Crippen LogP contribution in [0.1, 0.15) is 44.2 Å². The van der Waals surface area contributed by atoms with Crippen LogP contribution in [0, 0.1) is 5.41 Å². The molecule has 4 N–H and O–H groups in total. The Kier molecular flexibility index (Phi) is 7.38. The number of carboxylic acids is 1. The van der Waals surface area contributed by atoms with Crippen molar-refractivity contribution in [3.8, 4) is 11.1 Å². The molecule has 2 aromatic carbocycles. The molecule has 0 heterocycles. The van der Waals surface area contributed by atoms with Gasteiger partial charge in [-0.2, -0.15) is 0 Å². The number of ether oxygens (including phenoxy) is 1. The summed E-state index contributed by atoms with van der Waals surface area (Å²) < 4.78 is 5.53. The van der Waals surface area contributed by atoms with Crippen LogP contribution < -0.4 is 10.6 Å². The lowest BCUT2D eigenvalue weighted by Gasteiger charge is -2.31. The number of alkyl carbamates (subject to hydrolysis) is 1. The summed E-state index contributed by atoms with van der Waals surface area (Å²) in [4.78, 5) is 36.8. The Morgan fingerprint density at radius 2 is 1.52 bits per heavy atom. The first-order valence-corrected chi connectivity index (χ1v) is 10.9. The van der Waals surface area contributed by atoms with Crippen molar-refractivity contribution in [1.29, 1.82) is 0 Å². The molecule has 1 aliphatic rings. The van der Waals surface area contributed by atoms with Crippen LogP contribution in [0.3, 0.4) is 0 Å². The molecule has 0 bridgehead atoms. The van der Waals surface area contributed by atoms with Gasteiger partial charge in [0.1, 0.15) is 18.7 Å². The first-order valence-electron chi connectivity index (χ1n) is 10.9. The molecule has 0 saturated carbocycles. The molecule has 176 valence electrons. The number of aliphatic hydroxyl groups is 1. The fourth-order valence-electron chi connectivity index (χ4n) is 4.07. The predicted molar refractivity (Wildman–Crippen MR) is 123 cm³/mol. The third kappa shape index (κ3) is 5.51. The second-order valence-corrected chi connectivity index (χ2v) is 9.18. The van der Waals surface area contributed by atoms with E-state index in [1.807, 2.05) is 48.5 Å². The van der Waals surface area contributed by atoms with Gasteiger partial charge < -0.3 is 25.6 Å². The van der Waals surface area contributed by atoms with Gasteiger partial charge in [-0.25, -0.2) is 9.59 Å². The molecule has 1 aliphatic carbocycles. The third-order valence-corrected chi connectivity index (χ3v) is 5.77. The van der Waals surface area contributed by atoms with Gasteiger partial charge in [0.15, 0.2) is 0 Å². The lowest BCUT2D eigenvalue weighted by molar-refractivity contribution is -0.143. The smallest absolute Gasteiger partial charge is 0.407 e. The highest BCUT2D eigenvalue weighted by atomic mass is 16.5. The summed E-state index contributed by atoms with van der Waals surface area (Å²) in [5.74, 6) is -2.03. The fraction of sp³-hybridized carbons (Fsp3) is 0.400. The van der Waals surface area contributed by atoms with Gasteiger partial charge >= 0.3 is 12.1 Å². The lowest BCUT2D eigenvalue weighted by Crippen LogP contribution is -2.56. The summed E-state index contributed by atoms with van der Waals surface area (Å²) in [5, 5.41) is 23.3. The van der Waals surface area contributed by atoms with Gasteiger partial charge in [-0.15, -0.1) is 0 Å². The van der Waals surface area contributed by atoms with Crippen molar-refractivity contribution in [3.63, 3.8) is 0 Å². The Balaban J connectivity index is 1.69. The molecule has 2 atom stereocenters. The molecule has 0 spiro atoms. The summed E-state index contributed by atoms with van der Waals surface area (Å²) >= 11 is 0. The summed E-state index contributed by atoms with van der Waals surface area (Å²) in [7, 11) is 0. The van der Waals surface area contributed by atoms with Gasteiger partial charge in [-0.05, 0) is 27.7 Å². The number of aliphatic hydroxyl groups excluding tert-OH is 1. The van der Waals surface area contributed by atoms with Crippen LogP contribution in [0.25, 0.3) is 11.1 Å². The molecule has 0 fully saturated rings. The average Bonchev–Trinajstić information content (AvgIpc) is 3.08. The molecule has 2 aromatic rings. The van der Waals surface area contributed by atoms with Crippen molar-refractivity contribution in [2.45, 2.75) is 45.2 Å². The highest BCUT2D eigenvalue weighted by Gasteiger charge is 2.36. The van der Waals surface area contributed by atoms with Crippen molar-refractivity contribution in [2.24, 2.45) is 5.41 Å². The van der Waals surface area contributed by atoms with Gasteiger partial charge in [0.2, 0.25) is 5.91 Å². The molecule has 33 heavy (non-hydrogen) atoms. The summed E-state index contributed by atoms with van der Waals surface area (Å²) in [6.07, 6.45) is -0.899. The van der Waals surface area contributed by atoms with Crippen LogP contribution in [-0.2, 0) is 14.3 Å². The molecule has 0 aromatic heterocycles. The minimum atomic E-state index is -1.26. The van der Waals surface area contributed by atoms with E-state index >= 15 is 0 Å². The number of hydrogen-bond donors (Lipinski definition) is 4. The van der Waals surface area contributed by atoms with Crippen molar-refractivity contribution >= 4 is 18.0 Å². The third-order valence-electron chi connectivity index (χ3n) is 5.77. The number of fused-ring (bicyclic) bond motifs is 3. The van der Waals surface area contributed by atoms with Crippen molar-refractivity contribution in [2.75, 3.05) is 13.2 Å². The van der Waals surface area contributed by atoms with Crippen LogP contribution in [0.4, 0.5) is 4.79 Å². The zero-order valence-electron chi connectivity index (χ0n) is 19.0. The fourth-order valence-corrected chi connectivity index (χ4v) is 4.07. The van der Waals surface area contributed by atoms with Crippen LogP contribution >= 0.6 is 0 Å². The molecule has 0 saturated heterocycles. The Hall–Kier alpha value is -3.39. The van der Waals surface area contributed by atoms with E-state index in [9.17, 15) is 19.5 Å². The molecule has 3 rings (SSSR count). The number of hydrogen-bond acceptors (Lipinski definition) is 5. The van der Waals surface area contributed by atoms with Crippen LogP contribution in [-0.4, -0.2) is 53.5 Å². The minimum Gasteiger partial charge on any atom is -0.480 e. The van der Waals surface area contributed by atoms with E-state index in [0.29, 0.717) is 0 Å². The zero-order chi connectivity index (χ0) is 24.2. The average molecular weight is 455 g/mol. The highest BCUT2D eigenvalue weighted by molar-refractivity contribution is 5.90. The Bertz CT molecular complexity index is 984. The van der Waals surface area contributed by atoms with E-state index in [1.165, 1.54) is 0 Å². The highest BCUT2D eigenvalue weighted by Crippen LogP contribution is 2.44. The van der Waals surface area contributed by atoms with Gasteiger partial charge in [0.25, 0.3) is 0 Å². The molecule has 8 nitrogen and oxygen atoms in total. The number of rotatable bonds is 8. The quantitative estimate of drug-likeness (QED) is 0.486. The number of benzene rings is 2. The van der Waals surface area contributed by atoms with Crippen molar-refractivity contribution < 1.29 is 29.3 Å². The number of aliphatic carboxylic acids is 1. The predicted octanol–water partition coefficient (Wildman–Crippen LogP) is 2.89. The van der Waals surface area contributed by atoms with E-state index in [2.05, 4.69) is 10.6 Å². The maximum Gasteiger partial charge on any atom is 0.407 e. The first kappa shape index (κ1) is 24.3. The Labute approximate surface area is 193 Å². The van der Waals surface area contributed by atoms with Gasteiger partial charge in [0, 0.05) is 18.9 Å². The lowest BCUT2D eigenvalue weighted by atomic mass is 9.86. The zero-order valence-corrected chi connectivity index (χ0v) is 19.0. The van der Waals surface area contributed by atoms with E-state index < -0.39 is 42.1 Å². The first-order chi connectivity index (χ1) is 15.6. The van der Waals surface area contributed by atoms with Crippen molar-refractivity contribution in [1.82, 2.24) is 10.6 Å². The number of carbonyl (C=O) groups excluding carboxylic acids is 2. The standard InChI is InChI=1S/C25H30N2O6/c1-25(2,3)21(22(29)26-20(12-13-28)23(30)31)27-24(32)33-14-19-17-10-6-4-8-15(17)16-9-5-7-11-18(16)19/h4-11,19-21,28H,12-14H2,1-3H3,(H,26,29)(H,27,32)(H,30,31)/t20-,21?/m0/s1.